The van der Waals surface area contributed by atoms with Gasteiger partial charge in [0.2, 0.25) is 23.6 Å². The van der Waals surface area contributed by atoms with E-state index in [0.717, 1.165) is 16.0 Å². The molecule has 0 radical (unpaired) electrons. The second-order valence-electron chi connectivity index (χ2n) is 15.8. The van der Waals surface area contributed by atoms with Gasteiger partial charge in [0.25, 0.3) is 5.91 Å². The lowest BCUT2D eigenvalue weighted by Gasteiger charge is -2.29. The summed E-state index contributed by atoms with van der Waals surface area (Å²) >= 11 is 1.42. The van der Waals surface area contributed by atoms with Crippen molar-refractivity contribution in [2.24, 2.45) is 0 Å². The summed E-state index contributed by atoms with van der Waals surface area (Å²) in [6.07, 6.45) is 0.123. The number of hydrogen-bond acceptors (Lipinski definition) is 8. The Labute approximate surface area is 380 Å². The van der Waals surface area contributed by atoms with Crippen LogP contribution in [0.5, 0.6) is 5.75 Å². The highest BCUT2D eigenvalue weighted by molar-refractivity contribution is 7.09. The summed E-state index contributed by atoms with van der Waals surface area (Å²) in [6.45, 7) is -1.11. The van der Waals surface area contributed by atoms with E-state index < -0.39 is 72.8 Å². The van der Waals surface area contributed by atoms with Gasteiger partial charge in [-0.3, -0.25) is 28.8 Å². The molecule has 4 atom stereocenters. The second-order valence-corrected chi connectivity index (χ2v) is 16.8. The van der Waals surface area contributed by atoms with Crippen LogP contribution in [0, 0.1) is 0 Å². The summed E-state index contributed by atoms with van der Waals surface area (Å²) in [6, 6.07) is 40.7. The molecule has 0 unspecified atom stereocenters. The molecule has 2 aliphatic rings. The number of ether oxygens (including phenoxy) is 1. The number of rotatable bonds is 12. The zero-order valence-electron chi connectivity index (χ0n) is 35.4. The minimum Gasteiger partial charge on any atom is -0.484 e. The molecule has 0 spiro atoms. The summed E-state index contributed by atoms with van der Waals surface area (Å²) in [4.78, 5) is 85.8. The van der Waals surface area contributed by atoms with E-state index in [9.17, 15) is 33.9 Å². The molecule has 332 valence electrons. The van der Waals surface area contributed by atoms with Crippen molar-refractivity contribution in [3.8, 4) is 16.9 Å². The summed E-state index contributed by atoms with van der Waals surface area (Å²) in [5.41, 5.74) is 4.66. The van der Waals surface area contributed by atoms with E-state index in [0.29, 0.717) is 28.0 Å². The molecule has 0 saturated heterocycles. The Morgan fingerprint density at radius 1 is 0.585 bits per heavy atom. The van der Waals surface area contributed by atoms with Crippen LogP contribution in [0.15, 0.2) is 157 Å². The third-order valence-electron chi connectivity index (χ3n) is 10.9. The van der Waals surface area contributed by atoms with Crippen LogP contribution < -0.4 is 26.0 Å². The van der Waals surface area contributed by atoms with Gasteiger partial charge in [-0.15, -0.1) is 11.3 Å². The highest BCUT2D eigenvalue weighted by atomic mass is 32.1. The average molecular weight is 892 g/mol. The van der Waals surface area contributed by atoms with Crippen LogP contribution in [0.25, 0.3) is 11.1 Å². The number of nitrogens with one attached hydrogen (secondary N) is 4. The summed E-state index contributed by atoms with van der Waals surface area (Å²) in [5.74, 6) is -4.13. The van der Waals surface area contributed by atoms with Gasteiger partial charge in [0.05, 0.1) is 0 Å². The Balaban J connectivity index is 1.25. The Kier molecular flexibility index (Phi) is 15.5. The maximum atomic E-state index is 14.7. The number of fused-ring (bicyclic) bond motifs is 16. The molecular formula is C51H49N5O8S. The number of aliphatic carboxylic acids is 1. The van der Waals surface area contributed by atoms with E-state index >= 15 is 0 Å². The lowest BCUT2D eigenvalue weighted by molar-refractivity contribution is -0.146. The van der Waals surface area contributed by atoms with Crippen LogP contribution in [-0.4, -0.2) is 82.8 Å². The number of carboxylic acids is 1. The molecule has 6 aromatic rings. The van der Waals surface area contributed by atoms with Gasteiger partial charge in [-0.05, 0) is 57.0 Å². The molecule has 0 aliphatic carbocycles. The van der Waals surface area contributed by atoms with Crippen LogP contribution in [0.2, 0.25) is 0 Å². The predicted octanol–water partition coefficient (Wildman–Crippen LogP) is 5.13. The number of benzene rings is 5. The van der Waals surface area contributed by atoms with Crippen LogP contribution in [0.4, 0.5) is 0 Å². The second kappa shape index (κ2) is 22.2. The van der Waals surface area contributed by atoms with Crippen molar-refractivity contribution in [3.05, 3.63) is 184 Å². The monoisotopic (exact) mass is 891 g/mol. The maximum Gasteiger partial charge on any atom is 0.323 e. The lowest BCUT2D eigenvalue weighted by Crippen LogP contribution is -2.60. The number of thiophene rings is 1. The first-order valence-electron chi connectivity index (χ1n) is 21.2. The van der Waals surface area contributed by atoms with Gasteiger partial charge in [-0.1, -0.05) is 133 Å². The Morgan fingerprint density at radius 3 is 1.71 bits per heavy atom. The number of nitrogens with zero attached hydrogens (tertiary/aromatic N) is 1. The van der Waals surface area contributed by atoms with Crippen molar-refractivity contribution in [3.63, 3.8) is 0 Å². The third kappa shape index (κ3) is 13.2. The summed E-state index contributed by atoms with van der Waals surface area (Å²) in [5, 5.41) is 23.2. The largest absolute Gasteiger partial charge is 0.484 e. The highest BCUT2D eigenvalue weighted by Gasteiger charge is 2.34. The summed E-state index contributed by atoms with van der Waals surface area (Å²) in [7, 11) is 0. The SMILES string of the molecule is O=C(O)CN(Cc1ccccc1)C(=O)[C@@H]1Cc2ccc(cc2)OCC(=O)N[C@@H](Cc2cccs2)C(=O)N[C@@H](Cc2ccc(-c3ccccc3)cc2)C(=O)N[C@@H](Cc2ccccc2)C(=O)N1. The molecule has 8 rings (SSSR count). The zero-order chi connectivity index (χ0) is 45.5. The van der Waals surface area contributed by atoms with Crippen LogP contribution >= 0.6 is 11.3 Å². The molecule has 65 heavy (non-hydrogen) atoms. The van der Waals surface area contributed by atoms with Gasteiger partial charge in [0, 0.05) is 37.1 Å². The fourth-order valence-corrected chi connectivity index (χ4v) is 8.32. The summed E-state index contributed by atoms with van der Waals surface area (Å²) < 4.78 is 5.81. The van der Waals surface area contributed by atoms with Crippen molar-refractivity contribution >= 4 is 46.8 Å². The van der Waals surface area contributed by atoms with Crippen molar-refractivity contribution in [2.45, 2.75) is 56.4 Å². The molecule has 2 aliphatic heterocycles. The van der Waals surface area contributed by atoms with Crippen LogP contribution in [0.1, 0.15) is 27.1 Å². The van der Waals surface area contributed by atoms with E-state index in [1.165, 1.54) is 16.2 Å². The van der Waals surface area contributed by atoms with Gasteiger partial charge in [0.1, 0.15) is 36.5 Å². The number of carbonyl (C=O) groups is 6. The number of amides is 5. The average Bonchev–Trinajstić information content (AvgIpc) is 3.84. The van der Waals surface area contributed by atoms with Crippen molar-refractivity contribution in [1.82, 2.24) is 26.2 Å². The minimum absolute atomic E-state index is 0.0116. The first-order valence-corrected chi connectivity index (χ1v) is 22.1. The van der Waals surface area contributed by atoms with Gasteiger partial charge >= 0.3 is 5.97 Å². The molecule has 13 nitrogen and oxygen atoms in total. The van der Waals surface area contributed by atoms with E-state index in [4.69, 9.17) is 4.74 Å². The van der Waals surface area contributed by atoms with Crippen molar-refractivity contribution in [2.75, 3.05) is 13.2 Å². The Hall–Kier alpha value is -7.58. The Morgan fingerprint density at radius 2 is 1.12 bits per heavy atom. The molecule has 14 heteroatoms. The molecule has 5 amide bonds. The molecule has 0 fully saturated rings. The molecule has 5 aromatic carbocycles. The molecule has 5 N–H and O–H groups in total. The molecule has 0 saturated carbocycles. The van der Waals surface area contributed by atoms with Crippen molar-refractivity contribution < 1.29 is 38.6 Å². The normalized spacial score (nSPS) is 18.3. The molecule has 2 bridgehead atoms. The van der Waals surface area contributed by atoms with E-state index in [1.54, 1.807) is 72.8 Å². The van der Waals surface area contributed by atoms with E-state index in [2.05, 4.69) is 21.3 Å². The van der Waals surface area contributed by atoms with Crippen LogP contribution in [-0.2, 0) is 61.0 Å². The minimum atomic E-state index is -1.28. The fraction of sp³-hybridized carbons (Fsp3) is 0.216. The smallest absolute Gasteiger partial charge is 0.323 e. The van der Waals surface area contributed by atoms with Crippen LogP contribution in [0.3, 0.4) is 0 Å². The van der Waals surface area contributed by atoms with Crippen molar-refractivity contribution in [1.29, 1.82) is 0 Å². The number of hydrogen-bond donors (Lipinski definition) is 5. The molecule has 1 aromatic heterocycles. The topological polar surface area (TPSA) is 183 Å². The number of carbonyl (C=O) groups excluding carboxylic acids is 5. The lowest BCUT2D eigenvalue weighted by atomic mass is 9.99. The number of carboxylic acid groups (broad SMARTS) is 1. The molecular weight excluding hydrogens is 843 g/mol. The highest BCUT2D eigenvalue weighted by Crippen LogP contribution is 2.21. The standard InChI is InChI=1S/C51H49N5O8S/c57-46-33-64-40-24-20-36(21-25-40)29-45(51(63)56(32-47(58)59)31-37-13-6-2-7-14-37)55-49(61)42(27-34-11-4-1-5-12-34)53-48(60)43(54-50(62)44(52-46)30-41-17-10-26-65-41)28-35-18-22-39(23-19-35)38-15-8-3-9-16-38/h1-26,42-45H,27-33H2,(H,52,57)(H,53,60)(H,54,62)(H,55,61)(H,58,59)/t42-,43-,44-,45-/m0/s1. The first-order chi connectivity index (χ1) is 31.6. The van der Waals surface area contributed by atoms with Gasteiger partial charge < -0.3 is 36.0 Å². The molecule has 3 heterocycles. The van der Waals surface area contributed by atoms with Gasteiger partial charge in [0.15, 0.2) is 6.61 Å². The predicted molar refractivity (Wildman–Crippen MR) is 247 cm³/mol. The fourth-order valence-electron chi connectivity index (χ4n) is 7.57. The van der Waals surface area contributed by atoms with Gasteiger partial charge in [-0.25, -0.2) is 0 Å². The van der Waals surface area contributed by atoms with Gasteiger partial charge in [-0.2, -0.15) is 0 Å². The first kappa shape index (κ1) is 45.4. The Bertz CT molecular complexity index is 2540. The maximum absolute atomic E-state index is 14.7. The zero-order valence-corrected chi connectivity index (χ0v) is 36.2. The van der Waals surface area contributed by atoms with E-state index in [1.807, 2.05) is 84.2 Å². The quantitative estimate of drug-likeness (QED) is 0.105. The third-order valence-corrected chi connectivity index (χ3v) is 11.8. The van der Waals surface area contributed by atoms with E-state index in [-0.39, 0.29) is 32.2 Å².